The van der Waals surface area contributed by atoms with Gasteiger partial charge in [0.05, 0.1) is 11.8 Å². The minimum atomic E-state index is -0.611. The van der Waals surface area contributed by atoms with Gasteiger partial charge in [-0.2, -0.15) is 5.10 Å². The molecule has 0 aliphatic rings. The maximum Gasteiger partial charge on any atom is 0.433 e. The van der Waals surface area contributed by atoms with Crippen molar-refractivity contribution in [2.45, 2.75) is 19.4 Å². The van der Waals surface area contributed by atoms with Gasteiger partial charge in [0.2, 0.25) is 0 Å². The summed E-state index contributed by atoms with van der Waals surface area (Å²) in [7, 11) is 1.46. The minimum Gasteiger partial charge on any atom is -0.323 e. The largest absolute Gasteiger partial charge is 0.433 e. The molecule has 1 aromatic heterocycles. The van der Waals surface area contributed by atoms with Crippen LogP contribution in [0.15, 0.2) is 17.8 Å². The Morgan fingerprint density at radius 3 is 2.93 bits per heavy atom. The number of hydrogen-bond donors (Lipinski definition) is 1. The van der Waals surface area contributed by atoms with Gasteiger partial charge in [-0.1, -0.05) is 5.16 Å². The van der Waals surface area contributed by atoms with E-state index < -0.39 is 11.6 Å². The first kappa shape index (κ1) is 11.2. The molecule has 0 atom stereocenters. The molecule has 0 saturated carbocycles. The zero-order valence-electron chi connectivity index (χ0n) is 8.84. The van der Waals surface area contributed by atoms with E-state index in [0.717, 1.165) is 0 Å². The van der Waals surface area contributed by atoms with Gasteiger partial charge in [-0.15, -0.1) is 0 Å². The van der Waals surface area contributed by atoms with Crippen molar-refractivity contribution in [1.29, 1.82) is 0 Å². The van der Waals surface area contributed by atoms with E-state index in [1.807, 2.05) is 13.8 Å². The quantitative estimate of drug-likeness (QED) is 0.444. The van der Waals surface area contributed by atoms with Crippen molar-refractivity contribution in [2.75, 3.05) is 7.05 Å². The summed E-state index contributed by atoms with van der Waals surface area (Å²) < 4.78 is 1.60. The van der Waals surface area contributed by atoms with Crippen LogP contribution in [0.2, 0.25) is 0 Å². The molecular formula is C8H13N5O2. The predicted octanol–water partition coefficient (Wildman–Crippen LogP) is 0.355. The molecule has 0 saturated heterocycles. The molecule has 1 N–H and O–H groups in total. The van der Waals surface area contributed by atoms with Crippen LogP contribution in [0.25, 0.3) is 0 Å². The smallest absolute Gasteiger partial charge is 0.323 e. The zero-order valence-corrected chi connectivity index (χ0v) is 8.84. The van der Waals surface area contributed by atoms with Gasteiger partial charge in [-0.3, -0.25) is 4.84 Å². The average Bonchev–Trinajstić information content (AvgIpc) is 2.70. The molecule has 0 aliphatic carbocycles. The number of hydrogen-bond acceptors (Lipinski definition) is 5. The van der Waals surface area contributed by atoms with Gasteiger partial charge < -0.3 is 5.32 Å². The fourth-order valence-electron chi connectivity index (χ4n) is 0.814. The van der Waals surface area contributed by atoms with Crippen LogP contribution in [-0.4, -0.2) is 34.1 Å². The number of nitrogens with one attached hydrogen (secondary N) is 1. The highest BCUT2D eigenvalue weighted by atomic mass is 16.7. The van der Waals surface area contributed by atoms with E-state index in [9.17, 15) is 4.79 Å². The lowest BCUT2D eigenvalue weighted by Crippen LogP contribution is -2.29. The second-order valence-electron chi connectivity index (χ2n) is 3.36. The molecule has 0 bridgehead atoms. The lowest BCUT2D eigenvalue weighted by atomic mass is 10.1. The summed E-state index contributed by atoms with van der Waals surface area (Å²) in [6, 6.07) is 0. The number of oxime groups is 1. The standard InChI is InChI=1S/C8H13N5O2/c1-8(2,13-6-10-5-11-13)4-12-15-7(14)9-3/h4-6H,1-3H3,(H,9,14). The molecule has 7 nitrogen and oxygen atoms in total. The molecule has 0 aromatic carbocycles. The highest BCUT2D eigenvalue weighted by Crippen LogP contribution is 2.08. The second kappa shape index (κ2) is 4.54. The third-order valence-electron chi connectivity index (χ3n) is 1.72. The molecule has 0 aliphatic heterocycles. The molecule has 15 heavy (non-hydrogen) atoms. The van der Waals surface area contributed by atoms with Crippen LogP contribution in [0.1, 0.15) is 13.8 Å². The number of carbonyl (C=O) groups excluding carboxylic acids is 1. The third-order valence-corrected chi connectivity index (χ3v) is 1.72. The van der Waals surface area contributed by atoms with E-state index in [1.165, 1.54) is 19.6 Å². The summed E-state index contributed by atoms with van der Waals surface area (Å²) in [5.41, 5.74) is -0.496. The van der Waals surface area contributed by atoms with Crippen LogP contribution in [-0.2, 0) is 10.4 Å². The second-order valence-corrected chi connectivity index (χ2v) is 3.36. The van der Waals surface area contributed by atoms with Gasteiger partial charge in [-0.25, -0.2) is 14.5 Å². The maximum atomic E-state index is 10.7. The van der Waals surface area contributed by atoms with Crippen molar-refractivity contribution >= 4 is 12.3 Å². The number of nitrogens with zero attached hydrogens (tertiary/aromatic N) is 4. The minimum absolute atomic E-state index is 0.496. The van der Waals surface area contributed by atoms with Crippen molar-refractivity contribution in [2.24, 2.45) is 5.16 Å². The van der Waals surface area contributed by atoms with Crippen LogP contribution >= 0.6 is 0 Å². The first-order valence-electron chi connectivity index (χ1n) is 4.34. The highest BCUT2D eigenvalue weighted by Gasteiger charge is 2.18. The molecule has 1 rings (SSSR count). The highest BCUT2D eigenvalue weighted by molar-refractivity contribution is 5.70. The fourth-order valence-corrected chi connectivity index (χ4v) is 0.814. The molecule has 0 spiro atoms. The van der Waals surface area contributed by atoms with Crippen LogP contribution in [0.3, 0.4) is 0 Å². The Kier molecular flexibility index (Phi) is 3.37. The predicted molar refractivity (Wildman–Crippen MR) is 53.4 cm³/mol. The van der Waals surface area contributed by atoms with Crippen LogP contribution in [0, 0.1) is 0 Å². The molecule has 0 fully saturated rings. The van der Waals surface area contributed by atoms with E-state index in [1.54, 1.807) is 11.0 Å². The summed E-state index contributed by atoms with van der Waals surface area (Å²) in [6.07, 6.45) is 3.85. The molecule has 1 heterocycles. The first-order valence-corrected chi connectivity index (χ1v) is 4.34. The van der Waals surface area contributed by atoms with Gasteiger partial charge in [0.1, 0.15) is 12.7 Å². The Bertz CT molecular complexity index is 344. The topological polar surface area (TPSA) is 81.4 Å². The summed E-state index contributed by atoms with van der Waals surface area (Å²) in [6.45, 7) is 3.72. The molecule has 0 unspecified atom stereocenters. The lowest BCUT2D eigenvalue weighted by Gasteiger charge is -2.18. The average molecular weight is 211 g/mol. The van der Waals surface area contributed by atoms with E-state index in [4.69, 9.17) is 0 Å². The van der Waals surface area contributed by atoms with Gasteiger partial charge in [0.15, 0.2) is 0 Å². The van der Waals surface area contributed by atoms with Crippen molar-refractivity contribution < 1.29 is 9.63 Å². The van der Waals surface area contributed by atoms with Gasteiger partial charge in [-0.05, 0) is 13.8 Å². The normalized spacial score (nSPS) is 11.7. The Labute approximate surface area is 87.1 Å². The number of aromatic nitrogens is 3. The Morgan fingerprint density at radius 1 is 1.67 bits per heavy atom. The Hall–Kier alpha value is -1.92. The summed E-state index contributed by atoms with van der Waals surface area (Å²) >= 11 is 0. The van der Waals surface area contributed by atoms with Crippen LogP contribution in [0.5, 0.6) is 0 Å². The number of rotatable bonds is 3. The Balaban J connectivity index is 2.60. The molecule has 82 valence electrons. The van der Waals surface area contributed by atoms with Gasteiger partial charge in [0.25, 0.3) is 0 Å². The van der Waals surface area contributed by atoms with E-state index in [-0.39, 0.29) is 0 Å². The molecule has 1 aromatic rings. The summed E-state index contributed by atoms with van der Waals surface area (Å²) in [5, 5.41) is 9.78. The van der Waals surface area contributed by atoms with Crippen molar-refractivity contribution in [3.63, 3.8) is 0 Å². The molecular weight excluding hydrogens is 198 g/mol. The van der Waals surface area contributed by atoms with E-state index in [2.05, 4.69) is 25.4 Å². The molecule has 7 heteroatoms. The van der Waals surface area contributed by atoms with Crippen LogP contribution in [0.4, 0.5) is 4.79 Å². The maximum absolute atomic E-state index is 10.7. The molecule has 1 amide bonds. The zero-order chi connectivity index (χ0) is 11.3. The van der Waals surface area contributed by atoms with E-state index >= 15 is 0 Å². The lowest BCUT2D eigenvalue weighted by molar-refractivity contribution is 0.152. The molecule has 0 radical (unpaired) electrons. The first-order chi connectivity index (χ1) is 7.06. The summed E-state index contributed by atoms with van der Waals surface area (Å²) in [4.78, 5) is 19.0. The fraction of sp³-hybridized carbons (Fsp3) is 0.500. The monoisotopic (exact) mass is 211 g/mol. The van der Waals surface area contributed by atoms with E-state index in [0.29, 0.717) is 0 Å². The summed E-state index contributed by atoms with van der Waals surface area (Å²) in [5.74, 6) is 0. The van der Waals surface area contributed by atoms with Crippen molar-refractivity contribution in [1.82, 2.24) is 20.1 Å². The number of amides is 1. The van der Waals surface area contributed by atoms with Crippen molar-refractivity contribution in [3.8, 4) is 0 Å². The number of carbonyl (C=O) groups is 1. The Morgan fingerprint density at radius 2 is 2.40 bits per heavy atom. The van der Waals surface area contributed by atoms with Gasteiger partial charge in [0, 0.05) is 7.05 Å². The third kappa shape index (κ3) is 3.04. The SMILES string of the molecule is CNC(=O)ON=CC(C)(C)n1cncn1. The van der Waals surface area contributed by atoms with Gasteiger partial charge >= 0.3 is 6.09 Å². The van der Waals surface area contributed by atoms with Crippen LogP contribution < -0.4 is 5.32 Å². The van der Waals surface area contributed by atoms with Crippen molar-refractivity contribution in [3.05, 3.63) is 12.7 Å².